The van der Waals surface area contributed by atoms with E-state index in [0.29, 0.717) is 18.4 Å². The number of rotatable bonds is 7. The number of hydrogen-bond donors (Lipinski definition) is 0. The molecule has 0 radical (unpaired) electrons. The van der Waals surface area contributed by atoms with Crippen LogP contribution >= 0.6 is 11.6 Å². The molecular formula is C12H19ClN2O2. The van der Waals surface area contributed by atoms with E-state index in [1.165, 1.54) is 0 Å². The van der Waals surface area contributed by atoms with Crippen molar-refractivity contribution in [3.63, 3.8) is 0 Å². The van der Waals surface area contributed by atoms with Gasteiger partial charge in [0.25, 0.3) is 0 Å². The van der Waals surface area contributed by atoms with E-state index in [1.54, 1.807) is 20.4 Å². The first kappa shape index (κ1) is 14.2. The summed E-state index contributed by atoms with van der Waals surface area (Å²) < 4.78 is 10.3. The van der Waals surface area contributed by atoms with Crippen LogP contribution in [0.3, 0.4) is 0 Å². The first-order chi connectivity index (χ1) is 8.19. The lowest BCUT2D eigenvalue weighted by Gasteiger charge is -2.30. The van der Waals surface area contributed by atoms with Gasteiger partial charge in [-0.2, -0.15) is 0 Å². The molecule has 1 atom stereocenters. The van der Waals surface area contributed by atoms with Gasteiger partial charge in [0.15, 0.2) is 0 Å². The lowest BCUT2D eigenvalue weighted by Crippen LogP contribution is -2.38. The van der Waals surface area contributed by atoms with Crippen LogP contribution in [-0.4, -0.2) is 45.0 Å². The first-order valence-corrected chi connectivity index (χ1v) is 5.93. The van der Waals surface area contributed by atoms with Crippen LogP contribution in [-0.2, 0) is 9.47 Å². The molecule has 1 heterocycles. The fourth-order valence-corrected chi connectivity index (χ4v) is 1.86. The average Bonchev–Trinajstić information content (AvgIpc) is 2.30. The van der Waals surface area contributed by atoms with Gasteiger partial charge in [0.2, 0.25) is 0 Å². The molecule has 0 aromatic carbocycles. The molecule has 17 heavy (non-hydrogen) atoms. The predicted octanol–water partition coefficient (Wildman–Crippen LogP) is 2.22. The molecule has 5 heteroatoms. The Labute approximate surface area is 107 Å². The summed E-state index contributed by atoms with van der Waals surface area (Å²) in [6.45, 7) is 4.21. The number of hydrogen-bond acceptors (Lipinski definition) is 4. The van der Waals surface area contributed by atoms with Crippen LogP contribution in [0.25, 0.3) is 0 Å². The molecule has 0 saturated heterocycles. The Morgan fingerprint density at radius 3 is 2.76 bits per heavy atom. The Bertz CT molecular complexity index is 336. The minimum atomic E-state index is 0.258. The molecule has 0 bridgehead atoms. The maximum Gasteiger partial charge on any atom is 0.131 e. The van der Waals surface area contributed by atoms with E-state index in [2.05, 4.69) is 16.8 Å². The number of aromatic nitrogens is 1. The van der Waals surface area contributed by atoms with Crippen molar-refractivity contribution >= 4 is 17.3 Å². The third-order valence-corrected chi connectivity index (χ3v) is 2.72. The third-order valence-electron chi connectivity index (χ3n) is 2.52. The van der Waals surface area contributed by atoms with Crippen LogP contribution in [0.4, 0.5) is 5.69 Å². The SMILES string of the molecule is COCCN(c1ccnc(Cl)c1)C(C)COC. The zero-order valence-electron chi connectivity index (χ0n) is 10.5. The molecule has 0 aliphatic heterocycles. The zero-order chi connectivity index (χ0) is 12.7. The fraction of sp³-hybridized carbons (Fsp3) is 0.583. The van der Waals surface area contributed by atoms with Crippen molar-refractivity contribution in [1.82, 2.24) is 4.98 Å². The zero-order valence-corrected chi connectivity index (χ0v) is 11.3. The molecule has 0 amide bonds. The average molecular weight is 259 g/mol. The van der Waals surface area contributed by atoms with Crippen LogP contribution < -0.4 is 4.90 Å². The van der Waals surface area contributed by atoms with Gasteiger partial charge in [0.05, 0.1) is 13.2 Å². The number of methoxy groups -OCH3 is 2. The van der Waals surface area contributed by atoms with E-state index in [1.807, 2.05) is 12.1 Å². The van der Waals surface area contributed by atoms with E-state index in [4.69, 9.17) is 21.1 Å². The highest BCUT2D eigenvalue weighted by Crippen LogP contribution is 2.19. The number of halogens is 1. The Balaban J connectivity index is 2.81. The quantitative estimate of drug-likeness (QED) is 0.703. The van der Waals surface area contributed by atoms with Gasteiger partial charge in [0, 0.05) is 38.7 Å². The van der Waals surface area contributed by atoms with Crippen molar-refractivity contribution < 1.29 is 9.47 Å². The van der Waals surface area contributed by atoms with Crippen molar-refractivity contribution in [1.29, 1.82) is 0 Å². The maximum absolute atomic E-state index is 5.90. The number of ether oxygens (including phenoxy) is 2. The molecule has 1 aromatic heterocycles. The number of anilines is 1. The van der Waals surface area contributed by atoms with E-state index >= 15 is 0 Å². The minimum absolute atomic E-state index is 0.258. The van der Waals surface area contributed by atoms with E-state index in [9.17, 15) is 0 Å². The molecule has 0 saturated carbocycles. The largest absolute Gasteiger partial charge is 0.383 e. The van der Waals surface area contributed by atoms with E-state index < -0.39 is 0 Å². The van der Waals surface area contributed by atoms with Crippen molar-refractivity contribution in [3.8, 4) is 0 Å². The predicted molar refractivity (Wildman–Crippen MR) is 69.8 cm³/mol. The van der Waals surface area contributed by atoms with Crippen molar-refractivity contribution in [2.45, 2.75) is 13.0 Å². The summed E-state index contributed by atoms with van der Waals surface area (Å²) in [6.07, 6.45) is 1.71. The van der Waals surface area contributed by atoms with Crippen molar-refractivity contribution in [3.05, 3.63) is 23.5 Å². The highest BCUT2D eigenvalue weighted by molar-refractivity contribution is 6.29. The Hall–Kier alpha value is -0.840. The summed E-state index contributed by atoms with van der Waals surface area (Å²) in [4.78, 5) is 6.18. The molecule has 0 N–H and O–H groups in total. The smallest absolute Gasteiger partial charge is 0.131 e. The molecule has 1 aromatic rings. The van der Waals surface area contributed by atoms with Gasteiger partial charge >= 0.3 is 0 Å². The van der Waals surface area contributed by atoms with Crippen LogP contribution in [0, 0.1) is 0 Å². The summed E-state index contributed by atoms with van der Waals surface area (Å²) in [5.74, 6) is 0. The van der Waals surface area contributed by atoms with Crippen LogP contribution in [0.5, 0.6) is 0 Å². The highest BCUT2D eigenvalue weighted by atomic mass is 35.5. The lowest BCUT2D eigenvalue weighted by molar-refractivity contribution is 0.171. The Morgan fingerprint density at radius 1 is 1.41 bits per heavy atom. The molecule has 0 aliphatic rings. The topological polar surface area (TPSA) is 34.6 Å². The second kappa shape index (κ2) is 7.48. The summed E-state index contributed by atoms with van der Waals surface area (Å²) >= 11 is 5.90. The monoisotopic (exact) mass is 258 g/mol. The van der Waals surface area contributed by atoms with Crippen LogP contribution in [0.15, 0.2) is 18.3 Å². The highest BCUT2D eigenvalue weighted by Gasteiger charge is 2.14. The summed E-state index contributed by atoms with van der Waals surface area (Å²) in [6, 6.07) is 4.05. The standard InChI is InChI=1S/C12H19ClN2O2/c1-10(9-17-3)15(6-7-16-2)11-4-5-14-12(13)8-11/h4-5,8,10H,6-7,9H2,1-3H3. The van der Waals surface area contributed by atoms with Gasteiger partial charge in [-0.3, -0.25) is 0 Å². The summed E-state index contributed by atoms with van der Waals surface area (Å²) in [5, 5.41) is 0.495. The Morgan fingerprint density at radius 2 is 2.18 bits per heavy atom. The molecule has 0 aliphatic carbocycles. The van der Waals surface area contributed by atoms with E-state index in [0.717, 1.165) is 12.2 Å². The molecule has 4 nitrogen and oxygen atoms in total. The number of pyridine rings is 1. The van der Waals surface area contributed by atoms with Crippen molar-refractivity contribution in [2.24, 2.45) is 0 Å². The summed E-state index contributed by atoms with van der Waals surface area (Å²) in [5.41, 5.74) is 1.03. The van der Waals surface area contributed by atoms with Gasteiger partial charge in [-0.15, -0.1) is 0 Å². The second-order valence-corrected chi connectivity index (χ2v) is 4.21. The van der Waals surface area contributed by atoms with Crippen LogP contribution in [0.1, 0.15) is 6.92 Å². The molecule has 96 valence electrons. The molecular weight excluding hydrogens is 240 g/mol. The first-order valence-electron chi connectivity index (χ1n) is 5.55. The summed E-state index contributed by atoms with van der Waals surface area (Å²) in [7, 11) is 3.39. The van der Waals surface area contributed by atoms with Gasteiger partial charge in [0.1, 0.15) is 5.15 Å². The maximum atomic E-state index is 5.90. The van der Waals surface area contributed by atoms with Gasteiger partial charge < -0.3 is 14.4 Å². The van der Waals surface area contributed by atoms with Gasteiger partial charge in [-0.1, -0.05) is 11.6 Å². The molecule has 1 unspecified atom stereocenters. The third kappa shape index (κ3) is 4.50. The van der Waals surface area contributed by atoms with Crippen molar-refractivity contribution in [2.75, 3.05) is 38.9 Å². The van der Waals surface area contributed by atoms with Gasteiger partial charge in [-0.25, -0.2) is 4.98 Å². The number of nitrogens with zero attached hydrogens (tertiary/aromatic N) is 2. The molecule has 0 spiro atoms. The lowest BCUT2D eigenvalue weighted by atomic mass is 10.2. The molecule has 1 rings (SSSR count). The van der Waals surface area contributed by atoms with E-state index in [-0.39, 0.29) is 6.04 Å². The normalized spacial score (nSPS) is 12.5. The van der Waals surface area contributed by atoms with Gasteiger partial charge in [-0.05, 0) is 19.1 Å². The second-order valence-electron chi connectivity index (χ2n) is 3.83. The van der Waals surface area contributed by atoms with Crippen LogP contribution in [0.2, 0.25) is 5.15 Å². The fourth-order valence-electron chi connectivity index (χ4n) is 1.70. The minimum Gasteiger partial charge on any atom is -0.383 e. The Kier molecular flexibility index (Phi) is 6.26. The molecule has 0 fully saturated rings.